The maximum absolute atomic E-state index is 14.3. The van der Waals surface area contributed by atoms with Crippen LogP contribution in [0.2, 0.25) is 5.02 Å². The molecule has 0 bridgehead atoms. The number of hydrogen-bond acceptors (Lipinski definition) is 3. The Morgan fingerprint density at radius 2 is 1.61 bits per heavy atom. The quantitative estimate of drug-likeness (QED) is 0.264. The number of carbonyl (C=O) groups excluding carboxylic acids is 3. The van der Waals surface area contributed by atoms with Crippen LogP contribution >= 0.6 is 11.6 Å². The lowest BCUT2D eigenvalue weighted by atomic mass is 10.0. The Bertz CT molecular complexity index is 1590. The van der Waals surface area contributed by atoms with Crippen LogP contribution in [0.5, 0.6) is 0 Å². The summed E-state index contributed by atoms with van der Waals surface area (Å²) in [4.78, 5) is 44.9. The molecule has 1 atom stereocenters. The van der Waals surface area contributed by atoms with Crippen molar-refractivity contribution in [3.8, 4) is 0 Å². The van der Waals surface area contributed by atoms with Gasteiger partial charge in [-0.2, -0.15) is 0 Å². The minimum absolute atomic E-state index is 0.102. The fourth-order valence-corrected chi connectivity index (χ4v) is 6.29. The molecule has 6 rings (SSSR count). The Morgan fingerprint density at radius 3 is 2.37 bits per heavy atom. The molecule has 1 N–H and O–H groups in total. The highest BCUT2D eigenvalue weighted by atomic mass is 35.5. The van der Waals surface area contributed by atoms with Gasteiger partial charge in [-0.05, 0) is 47.6 Å². The SMILES string of the molecule is O=C(NC1CCCC1)[C@@H](Cc1ccccc1)N(Cc1ccccc1Cl)C(=O)CN1C(=O)c2cccc3cccc1c23. The Hall–Kier alpha value is -4.16. The van der Waals surface area contributed by atoms with Crippen LogP contribution in [-0.2, 0) is 22.6 Å². The van der Waals surface area contributed by atoms with Gasteiger partial charge in [0, 0.05) is 35.0 Å². The van der Waals surface area contributed by atoms with Crippen LogP contribution in [0, 0.1) is 0 Å². The van der Waals surface area contributed by atoms with Gasteiger partial charge in [-0.3, -0.25) is 19.3 Å². The second-order valence-electron chi connectivity index (χ2n) is 10.9. The zero-order valence-corrected chi connectivity index (χ0v) is 23.5. The number of hydrogen-bond donors (Lipinski definition) is 1. The van der Waals surface area contributed by atoms with Crippen LogP contribution in [0.4, 0.5) is 5.69 Å². The summed E-state index contributed by atoms with van der Waals surface area (Å²) in [5.41, 5.74) is 2.99. The molecule has 1 aliphatic heterocycles. The van der Waals surface area contributed by atoms with Crippen LogP contribution < -0.4 is 10.2 Å². The fourth-order valence-electron chi connectivity index (χ4n) is 6.09. The molecule has 1 heterocycles. The van der Waals surface area contributed by atoms with Crippen LogP contribution in [-0.4, -0.2) is 41.2 Å². The first-order valence-corrected chi connectivity index (χ1v) is 14.6. The van der Waals surface area contributed by atoms with Gasteiger partial charge in [-0.1, -0.05) is 97.2 Å². The highest BCUT2D eigenvalue weighted by molar-refractivity contribution is 6.31. The molecule has 4 aromatic carbocycles. The lowest BCUT2D eigenvalue weighted by molar-refractivity contribution is -0.140. The maximum atomic E-state index is 14.3. The molecule has 3 amide bonds. The second-order valence-corrected chi connectivity index (χ2v) is 11.3. The molecule has 7 heteroatoms. The van der Waals surface area contributed by atoms with E-state index in [4.69, 9.17) is 11.6 Å². The van der Waals surface area contributed by atoms with Crippen LogP contribution in [0.25, 0.3) is 10.8 Å². The van der Waals surface area contributed by atoms with Crippen molar-refractivity contribution in [3.05, 3.63) is 113 Å². The molecule has 4 aromatic rings. The molecule has 1 fully saturated rings. The Balaban J connectivity index is 1.36. The van der Waals surface area contributed by atoms with E-state index in [9.17, 15) is 14.4 Å². The normalized spacial score (nSPS) is 15.3. The maximum Gasteiger partial charge on any atom is 0.259 e. The van der Waals surface area contributed by atoms with Crippen molar-refractivity contribution in [2.45, 2.75) is 50.7 Å². The first kappa shape index (κ1) is 27.0. The van der Waals surface area contributed by atoms with Gasteiger partial charge in [0.25, 0.3) is 5.91 Å². The summed E-state index contributed by atoms with van der Waals surface area (Å²) < 4.78 is 0. The third-order valence-electron chi connectivity index (χ3n) is 8.21. The summed E-state index contributed by atoms with van der Waals surface area (Å²) in [5.74, 6) is -0.706. The van der Waals surface area contributed by atoms with Crippen LogP contribution in [0.1, 0.15) is 47.2 Å². The van der Waals surface area contributed by atoms with Gasteiger partial charge in [0.05, 0.1) is 5.69 Å². The van der Waals surface area contributed by atoms with Gasteiger partial charge in [-0.25, -0.2) is 0 Å². The zero-order valence-electron chi connectivity index (χ0n) is 22.8. The van der Waals surface area contributed by atoms with E-state index in [0.29, 0.717) is 22.7 Å². The van der Waals surface area contributed by atoms with Crippen molar-refractivity contribution in [3.63, 3.8) is 0 Å². The van der Waals surface area contributed by atoms with Gasteiger partial charge in [0.1, 0.15) is 12.6 Å². The third-order valence-corrected chi connectivity index (χ3v) is 8.58. The number of amides is 3. The van der Waals surface area contributed by atoms with E-state index in [0.717, 1.165) is 47.6 Å². The number of benzene rings is 4. The summed E-state index contributed by atoms with van der Waals surface area (Å²) in [5, 5.41) is 5.55. The van der Waals surface area contributed by atoms with Gasteiger partial charge in [-0.15, -0.1) is 0 Å². The number of nitrogens with zero attached hydrogens (tertiary/aromatic N) is 2. The number of nitrogens with one attached hydrogen (secondary N) is 1. The molecule has 1 aliphatic carbocycles. The van der Waals surface area contributed by atoms with Crippen molar-refractivity contribution >= 4 is 45.8 Å². The summed E-state index contributed by atoms with van der Waals surface area (Å²) in [6.07, 6.45) is 4.39. The minimum Gasteiger partial charge on any atom is -0.352 e. The summed E-state index contributed by atoms with van der Waals surface area (Å²) in [6.45, 7) is -0.0354. The Morgan fingerprint density at radius 1 is 0.902 bits per heavy atom. The largest absolute Gasteiger partial charge is 0.352 e. The average molecular weight is 566 g/mol. The summed E-state index contributed by atoms with van der Waals surface area (Å²) in [6, 6.07) is 27.8. The highest BCUT2D eigenvalue weighted by Crippen LogP contribution is 2.37. The standard InChI is InChI=1S/C34H32ClN3O3/c35-28-18-7-4-12-25(28)21-37(30(20-23-10-2-1-3-11-23)33(40)36-26-15-5-6-16-26)31(39)22-38-29-19-9-14-24-13-8-17-27(32(24)29)34(38)41/h1-4,7-14,17-19,26,30H,5-6,15-16,20-22H2,(H,36,40)/t30-/m1/s1. The molecule has 0 radical (unpaired) electrons. The van der Waals surface area contributed by atoms with Gasteiger partial charge < -0.3 is 10.2 Å². The highest BCUT2D eigenvalue weighted by Gasteiger charge is 2.36. The number of anilines is 1. The molecule has 0 saturated heterocycles. The lowest BCUT2D eigenvalue weighted by Crippen LogP contribution is -2.54. The average Bonchev–Trinajstić information content (AvgIpc) is 3.60. The summed E-state index contributed by atoms with van der Waals surface area (Å²) in [7, 11) is 0. The Labute approximate surface area is 244 Å². The van der Waals surface area contributed by atoms with E-state index in [1.807, 2.05) is 78.9 Å². The first-order chi connectivity index (χ1) is 20.0. The molecule has 0 aromatic heterocycles. The van der Waals surface area contributed by atoms with Crippen molar-refractivity contribution < 1.29 is 14.4 Å². The Kier molecular flexibility index (Phi) is 7.75. The number of carbonyl (C=O) groups is 3. The lowest BCUT2D eigenvalue weighted by Gasteiger charge is -2.33. The molecule has 1 saturated carbocycles. The van der Waals surface area contributed by atoms with Gasteiger partial charge >= 0.3 is 0 Å². The minimum atomic E-state index is -0.780. The van der Waals surface area contributed by atoms with E-state index < -0.39 is 6.04 Å². The number of halogens is 1. The molecular weight excluding hydrogens is 534 g/mol. The molecule has 2 aliphatic rings. The van der Waals surface area contributed by atoms with E-state index in [1.54, 1.807) is 17.0 Å². The molecule has 41 heavy (non-hydrogen) atoms. The smallest absolute Gasteiger partial charge is 0.259 e. The fraction of sp³-hybridized carbons (Fsp3) is 0.265. The molecule has 0 unspecified atom stereocenters. The van der Waals surface area contributed by atoms with E-state index in [-0.39, 0.29) is 36.9 Å². The van der Waals surface area contributed by atoms with Crippen molar-refractivity contribution in [1.82, 2.24) is 10.2 Å². The summed E-state index contributed by atoms with van der Waals surface area (Å²) >= 11 is 6.56. The van der Waals surface area contributed by atoms with E-state index in [2.05, 4.69) is 5.32 Å². The van der Waals surface area contributed by atoms with Crippen LogP contribution in [0.3, 0.4) is 0 Å². The first-order valence-electron chi connectivity index (χ1n) is 14.2. The van der Waals surface area contributed by atoms with E-state index in [1.165, 1.54) is 4.90 Å². The molecule has 0 spiro atoms. The molecule has 208 valence electrons. The molecule has 6 nitrogen and oxygen atoms in total. The third kappa shape index (κ3) is 5.57. The second kappa shape index (κ2) is 11.8. The monoisotopic (exact) mass is 565 g/mol. The van der Waals surface area contributed by atoms with Crippen molar-refractivity contribution in [2.75, 3.05) is 11.4 Å². The van der Waals surface area contributed by atoms with Crippen molar-refractivity contribution in [2.24, 2.45) is 0 Å². The van der Waals surface area contributed by atoms with Gasteiger partial charge in [0.2, 0.25) is 11.8 Å². The van der Waals surface area contributed by atoms with Crippen LogP contribution in [0.15, 0.2) is 91.0 Å². The van der Waals surface area contributed by atoms with Crippen molar-refractivity contribution in [1.29, 1.82) is 0 Å². The predicted octanol–water partition coefficient (Wildman–Crippen LogP) is 6.15. The predicted molar refractivity (Wildman–Crippen MR) is 162 cm³/mol. The van der Waals surface area contributed by atoms with Gasteiger partial charge in [0.15, 0.2) is 0 Å². The topological polar surface area (TPSA) is 69.7 Å². The van der Waals surface area contributed by atoms with E-state index >= 15 is 0 Å². The zero-order chi connectivity index (χ0) is 28.3. The number of rotatable bonds is 9. The molecular formula is C34H32ClN3O3.